The topological polar surface area (TPSA) is 78.0 Å². The minimum absolute atomic E-state index is 0.0131. The summed E-state index contributed by atoms with van der Waals surface area (Å²) in [5.74, 6) is 0. The molecular formula is C11H8IN3O3. The molecule has 1 heterocycles. The lowest BCUT2D eigenvalue weighted by molar-refractivity contribution is -0.384. The summed E-state index contributed by atoms with van der Waals surface area (Å²) >= 11 is 1.91. The van der Waals surface area contributed by atoms with E-state index in [1.165, 1.54) is 29.2 Å². The summed E-state index contributed by atoms with van der Waals surface area (Å²) in [6, 6.07) is 6.20. The molecular weight excluding hydrogens is 349 g/mol. The first kappa shape index (κ1) is 12.7. The zero-order valence-corrected chi connectivity index (χ0v) is 11.3. The maximum atomic E-state index is 11.8. The van der Waals surface area contributed by atoms with Gasteiger partial charge in [0.25, 0.3) is 11.2 Å². The van der Waals surface area contributed by atoms with Crippen molar-refractivity contribution in [2.45, 2.75) is 6.54 Å². The molecule has 0 radical (unpaired) electrons. The van der Waals surface area contributed by atoms with Crippen LogP contribution in [0.3, 0.4) is 0 Å². The van der Waals surface area contributed by atoms with E-state index >= 15 is 0 Å². The SMILES string of the molecule is O=c1c(I)cncn1Cc1cccc([N+](=O)[O-])c1. The van der Waals surface area contributed by atoms with Gasteiger partial charge in [0.1, 0.15) is 0 Å². The van der Waals surface area contributed by atoms with Gasteiger partial charge in [-0.2, -0.15) is 0 Å². The molecule has 0 aliphatic carbocycles. The Balaban J connectivity index is 2.34. The number of hydrogen-bond acceptors (Lipinski definition) is 4. The Kier molecular flexibility index (Phi) is 3.70. The van der Waals surface area contributed by atoms with E-state index in [2.05, 4.69) is 4.98 Å². The van der Waals surface area contributed by atoms with Gasteiger partial charge in [-0.3, -0.25) is 19.5 Å². The van der Waals surface area contributed by atoms with Gasteiger partial charge >= 0.3 is 0 Å². The first-order valence-electron chi connectivity index (χ1n) is 5.01. The lowest BCUT2D eigenvalue weighted by atomic mass is 10.2. The van der Waals surface area contributed by atoms with Gasteiger partial charge in [-0.05, 0) is 28.2 Å². The molecule has 92 valence electrons. The molecule has 0 N–H and O–H groups in total. The van der Waals surface area contributed by atoms with Crippen LogP contribution in [0.4, 0.5) is 5.69 Å². The summed E-state index contributed by atoms with van der Waals surface area (Å²) in [6.45, 7) is 0.268. The van der Waals surface area contributed by atoms with Crippen LogP contribution >= 0.6 is 22.6 Å². The maximum Gasteiger partial charge on any atom is 0.269 e. The second kappa shape index (κ2) is 5.25. The van der Waals surface area contributed by atoms with Gasteiger partial charge in [0.05, 0.1) is 21.4 Å². The lowest BCUT2D eigenvalue weighted by Crippen LogP contribution is -2.22. The summed E-state index contributed by atoms with van der Waals surface area (Å²) in [4.78, 5) is 25.9. The molecule has 0 spiro atoms. The molecule has 0 unspecified atom stereocenters. The molecule has 6 nitrogen and oxygen atoms in total. The molecule has 0 fully saturated rings. The predicted octanol–water partition coefficient (Wildman–Crippen LogP) is 1.80. The van der Waals surface area contributed by atoms with Gasteiger partial charge in [-0.15, -0.1) is 0 Å². The third-order valence-electron chi connectivity index (χ3n) is 2.33. The summed E-state index contributed by atoms with van der Waals surface area (Å²) < 4.78 is 1.93. The fraction of sp³-hybridized carbons (Fsp3) is 0.0909. The molecule has 0 atom stereocenters. The minimum atomic E-state index is -0.459. The Morgan fingerprint density at radius 2 is 2.22 bits per heavy atom. The van der Waals surface area contributed by atoms with Crippen molar-refractivity contribution in [2.24, 2.45) is 0 Å². The van der Waals surface area contributed by atoms with Crippen LogP contribution in [0.2, 0.25) is 0 Å². The first-order valence-corrected chi connectivity index (χ1v) is 6.09. The fourth-order valence-corrected chi connectivity index (χ4v) is 1.97. The third kappa shape index (κ3) is 2.73. The normalized spacial score (nSPS) is 10.3. The molecule has 1 aromatic heterocycles. The van der Waals surface area contributed by atoms with Crippen LogP contribution in [0, 0.1) is 13.7 Å². The quantitative estimate of drug-likeness (QED) is 0.477. The van der Waals surface area contributed by atoms with Crippen LogP contribution in [0.5, 0.6) is 0 Å². The van der Waals surface area contributed by atoms with Crippen LogP contribution in [0.15, 0.2) is 41.6 Å². The molecule has 0 aliphatic rings. The highest BCUT2D eigenvalue weighted by Gasteiger charge is 2.07. The van der Waals surface area contributed by atoms with E-state index in [9.17, 15) is 14.9 Å². The number of hydrogen-bond donors (Lipinski definition) is 0. The molecule has 1 aromatic carbocycles. The zero-order valence-electron chi connectivity index (χ0n) is 9.12. The van der Waals surface area contributed by atoms with Crippen molar-refractivity contribution in [2.75, 3.05) is 0 Å². The van der Waals surface area contributed by atoms with Crippen LogP contribution in [0.1, 0.15) is 5.56 Å². The largest absolute Gasteiger partial charge is 0.294 e. The number of nitro groups is 1. The second-order valence-corrected chi connectivity index (χ2v) is 4.76. The van der Waals surface area contributed by atoms with Crippen LogP contribution in [-0.4, -0.2) is 14.5 Å². The molecule has 0 saturated carbocycles. The molecule has 0 saturated heterocycles. The average molecular weight is 357 g/mol. The molecule has 7 heteroatoms. The Morgan fingerprint density at radius 3 is 2.94 bits per heavy atom. The van der Waals surface area contributed by atoms with Crippen molar-refractivity contribution in [3.63, 3.8) is 0 Å². The number of benzene rings is 1. The van der Waals surface area contributed by atoms with Crippen LogP contribution in [0.25, 0.3) is 0 Å². The molecule has 2 rings (SSSR count). The van der Waals surface area contributed by atoms with Crippen molar-refractivity contribution in [3.05, 3.63) is 66.4 Å². The third-order valence-corrected chi connectivity index (χ3v) is 3.07. The predicted molar refractivity (Wildman–Crippen MR) is 73.4 cm³/mol. The number of aromatic nitrogens is 2. The summed E-state index contributed by atoms with van der Waals surface area (Å²) in [7, 11) is 0. The van der Waals surface area contributed by atoms with Crippen molar-refractivity contribution in [3.8, 4) is 0 Å². The van der Waals surface area contributed by atoms with Crippen molar-refractivity contribution in [1.82, 2.24) is 9.55 Å². The smallest absolute Gasteiger partial charge is 0.269 e. The summed E-state index contributed by atoms with van der Waals surface area (Å²) in [6.07, 6.45) is 2.90. The molecule has 2 aromatic rings. The number of halogens is 1. The van der Waals surface area contributed by atoms with Crippen molar-refractivity contribution < 1.29 is 4.92 Å². The highest BCUT2D eigenvalue weighted by atomic mass is 127. The average Bonchev–Trinajstić information content (AvgIpc) is 2.35. The van der Waals surface area contributed by atoms with Gasteiger partial charge in [0.15, 0.2) is 0 Å². The lowest BCUT2D eigenvalue weighted by Gasteiger charge is -2.05. The molecule has 0 amide bonds. The molecule has 18 heavy (non-hydrogen) atoms. The van der Waals surface area contributed by atoms with Crippen molar-refractivity contribution in [1.29, 1.82) is 0 Å². The number of rotatable bonds is 3. The summed E-state index contributed by atoms with van der Waals surface area (Å²) in [5, 5.41) is 10.7. The van der Waals surface area contributed by atoms with E-state index in [-0.39, 0.29) is 17.8 Å². The highest BCUT2D eigenvalue weighted by molar-refractivity contribution is 14.1. The fourth-order valence-electron chi connectivity index (χ4n) is 1.50. The number of nitrogens with zero attached hydrogens (tertiary/aromatic N) is 3. The second-order valence-electron chi connectivity index (χ2n) is 3.60. The standard InChI is InChI=1S/C11H8IN3O3/c12-10-5-13-7-14(11(10)16)6-8-2-1-3-9(4-8)15(17)18/h1-5,7H,6H2. The van der Waals surface area contributed by atoms with Crippen LogP contribution < -0.4 is 5.56 Å². The molecule has 0 bridgehead atoms. The zero-order chi connectivity index (χ0) is 13.1. The Bertz CT molecular complexity index is 654. The van der Waals surface area contributed by atoms with Gasteiger partial charge in [-0.1, -0.05) is 12.1 Å². The number of nitro benzene ring substituents is 1. The van der Waals surface area contributed by atoms with Gasteiger partial charge < -0.3 is 0 Å². The Hall–Kier alpha value is -1.77. The van der Waals surface area contributed by atoms with Gasteiger partial charge in [0.2, 0.25) is 0 Å². The van der Waals surface area contributed by atoms with E-state index in [4.69, 9.17) is 0 Å². The van der Waals surface area contributed by atoms with Crippen molar-refractivity contribution >= 4 is 28.3 Å². The Morgan fingerprint density at radius 1 is 1.44 bits per heavy atom. The van der Waals surface area contributed by atoms with E-state index in [1.54, 1.807) is 12.1 Å². The van der Waals surface area contributed by atoms with E-state index in [0.29, 0.717) is 9.13 Å². The first-order chi connectivity index (χ1) is 8.58. The highest BCUT2D eigenvalue weighted by Crippen LogP contribution is 2.13. The Labute approximate surface area is 116 Å². The van der Waals surface area contributed by atoms with E-state index in [1.807, 2.05) is 22.6 Å². The monoisotopic (exact) mass is 357 g/mol. The number of non-ortho nitro benzene ring substituents is 1. The van der Waals surface area contributed by atoms with Gasteiger partial charge in [-0.25, -0.2) is 4.98 Å². The summed E-state index contributed by atoms with van der Waals surface area (Å²) in [5.41, 5.74) is 0.548. The van der Waals surface area contributed by atoms with E-state index < -0.39 is 4.92 Å². The molecule has 0 aliphatic heterocycles. The van der Waals surface area contributed by atoms with E-state index in [0.717, 1.165) is 0 Å². The van der Waals surface area contributed by atoms with Gasteiger partial charge in [0, 0.05) is 18.3 Å². The maximum absolute atomic E-state index is 11.8. The van der Waals surface area contributed by atoms with Crippen LogP contribution in [-0.2, 0) is 6.54 Å². The minimum Gasteiger partial charge on any atom is -0.294 e.